The van der Waals surface area contributed by atoms with E-state index in [-0.39, 0.29) is 0 Å². The number of hydrogen-bond acceptors (Lipinski definition) is 2. The Labute approximate surface area is 133 Å². The van der Waals surface area contributed by atoms with E-state index < -0.39 is 6.10 Å². The SMILES string of the molecule is OC(Cc1ccc(Cl)c(Cl)c1)c1cccc2cnccc12. The topological polar surface area (TPSA) is 33.1 Å². The molecule has 1 atom stereocenters. The van der Waals surface area contributed by atoms with Crippen molar-refractivity contribution in [3.8, 4) is 0 Å². The van der Waals surface area contributed by atoms with Gasteiger partial charge in [-0.3, -0.25) is 4.98 Å². The molecule has 3 aromatic rings. The van der Waals surface area contributed by atoms with Gasteiger partial charge in [-0.15, -0.1) is 0 Å². The molecule has 0 saturated heterocycles. The molecule has 2 nitrogen and oxygen atoms in total. The van der Waals surface area contributed by atoms with Crippen LogP contribution in [0.15, 0.2) is 54.9 Å². The van der Waals surface area contributed by atoms with Crippen molar-refractivity contribution in [2.75, 3.05) is 0 Å². The Hall–Kier alpha value is -1.61. The number of aliphatic hydroxyl groups is 1. The van der Waals surface area contributed by atoms with Gasteiger partial charge in [-0.05, 0) is 34.7 Å². The van der Waals surface area contributed by atoms with Crippen molar-refractivity contribution in [1.82, 2.24) is 4.98 Å². The van der Waals surface area contributed by atoms with Gasteiger partial charge in [0.2, 0.25) is 0 Å². The molecule has 0 radical (unpaired) electrons. The van der Waals surface area contributed by atoms with Crippen molar-refractivity contribution in [1.29, 1.82) is 0 Å². The summed E-state index contributed by atoms with van der Waals surface area (Å²) in [6.07, 6.45) is 3.41. The van der Waals surface area contributed by atoms with Gasteiger partial charge >= 0.3 is 0 Å². The van der Waals surface area contributed by atoms with E-state index in [1.807, 2.05) is 30.3 Å². The van der Waals surface area contributed by atoms with Crippen LogP contribution in [0.5, 0.6) is 0 Å². The zero-order chi connectivity index (χ0) is 14.8. The van der Waals surface area contributed by atoms with Crippen molar-refractivity contribution >= 4 is 34.0 Å². The lowest BCUT2D eigenvalue weighted by Gasteiger charge is -2.14. The van der Waals surface area contributed by atoms with Gasteiger partial charge in [0.15, 0.2) is 0 Å². The van der Waals surface area contributed by atoms with E-state index in [9.17, 15) is 5.11 Å². The lowest BCUT2D eigenvalue weighted by molar-refractivity contribution is 0.180. The van der Waals surface area contributed by atoms with Gasteiger partial charge in [-0.25, -0.2) is 0 Å². The predicted molar refractivity (Wildman–Crippen MR) is 86.9 cm³/mol. The van der Waals surface area contributed by atoms with Gasteiger partial charge in [0, 0.05) is 24.2 Å². The fourth-order valence-corrected chi connectivity index (χ4v) is 2.76. The maximum Gasteiger partial charge on any atom is 0.0836 e. The Kier molecular flexibility index (Phi) is 4.11. The van der Waals surface area contributed by atoms with Crippen molar-refractivity contribution in [2.45, 2.75) is 12.5 Å². The zero-order valence-corrected chi connectivity index (χ0v) is 12.6. The third-order valence-electron chi connectivity index (χ3n) is 3.49. The molecule has 1 N–H and O–H groups in total. The van der Waals surface area contributed by atoms with Gasteiger partial charge in [0.05, 0.1) is 16.1 Å². The number of hydrogen-bond donors (Lipinski definition) is 1. The molecular formula is C17H13Cl2NO. The lowest BCUT2D eigenvalue weighted by atomic mass is 9.97. The maximum atomic E-state index is 10.5. The summed E-state index contributed by atoms with van der Waals surface area (Å²) in [5.41, 5.74) is 1.84. The third-order valence-corrected chi connectivity index (χ3v) is 4.23. The van der Waals surface area contributed by atoms with Crippen LogP contribution in [-0.2, 0) is 6.42 Å². The van der Waals surface area contributed by atoms with Crippen LogP contribution in [-0.4, -0.2) is 10.1 Å². The van der Waals surface area contributed by atoms with Crippen LogP contribution in [0, 0.1) is 0 Å². The number of pyridine rings is 1. The van der Waals surface area contributed by atoms with Crippen LogP contribution < -0.4 is 0 Å². The molecule has 0 aliphatic carbocycles. The third kappa shape index (κ3) is 3.03. The fourth-order valence-electron chi connectivity index (χ4n) is 2.44. The summed E-state index contributed by atoms with van der Waals surface area (Å²) >= 11 is 11.9. The molecule has 0 amide bonds. The number of rotatable bonds is 3. The molecule has 0 fully saturated rings. The Balaban J connectivity index is 1.93. The van der Waals surface area contributed by atoms with Crippen molar-refractivity contribution in [2.24, 2.45) is 0 Å². The smallest absolute Gasteiger partial charge is 0.0836 e. The molecule has 1 aromatic heterocycles. The quantitative estimate of drug-likeness (QED) is 0.751. The van der Waals surface area contributed by atoms with E-state index in [2.05, 4.69) is 4.98 Å². The summed E-state index contributed by atoms with van der Waals surface area (Å²) < 4.78 is 0. The van der Waals surface area contributed by atoms with Crippen molar-refractivity contribution in [3.63, 3.8) is 0 Å². The first-order chi connectivity index (χ1) is 10.1. The average molecular weight is 318 g/mol. The molecule has 0 bridgehead atoms. The lowest BCUT2D eigenvalue weighted by Crippen LogP contribution is -2.02. The molecule has 0 aliphatic rings. The maximum absolute atomic E-state index is 10.5. The standard InChI is InChI=1S/C17H13Cl2NO/c18-15-5-4-11(8-16(15)19)9-17(21)14-3-1-2-12-10-20-7-6-13(12)14/h1-8,10,17,21H,9H2. The van der Waals surface area contributed by atoms with Crippen LogP contribution in [0.1, 0.15) is 17.2 Å². The van der Waals surface area contributed by atoms with Gasteiger partial charge < -0.3 is 5.11 Å². The number of aliphatic hydroxyl groups excluding tert-OH is 1. The molecule has 2 aromatic carbocycles. The first-order valence-electron chi connectivity index (χ1n) is 6.60. The summed E-state index contributed by atoms with van der Waals surface area (Å²) in [6.45, 7) is 0. The second-order valence-corrected chi connectivity index (χ2v) is 5.73. The minimum absolute atomic E-state index is 0.484. The Morgan fingerprint density at radius 2 is 1.90 bits per heavy atom. The van der Waals surface area contributed by atoms with Crippen molar-refractivity contribution < 1.29 is 5.11 Å². The molecule has 3 rings (SSSR count). The minimum Gasteiger partial charge on any atom is -0.388 e. The number of halogens is 2. The zero-order valence-electron chi connectivity index (χ0n) is 11.1. The normalized spacial score (nSPS) is 12.5. The van der Waals surface area contributed by atoms with Gasteiger partial charge in [0.1, 0.15) is 0 Å². The molecule has 1 unspecified atom stereocenters. The number of benzene rings is 2. The van der Waals surface area contributed by atoms with E-state index >= 15 is 0 Å². The van der Waals surface area contributed by atoms with Crippen LogP contribution in [0.4, 0.5) is 0 Å². The average Bonchev–Trinajstić information content (AvgIpc) is 2.50. The van der Waals surface area contributed by atoms with Gasteiger partial charge in [-0.1, -0.05) is 47.5 Å². The highest BCUT2D eigenvalue weighted by molar-refractivity contribution is 6.42. The Bertz CT molecular complexity index is 783. The highest BCUT2D eigenvalue weighted by atomic mass is 35.5. The minimum atomic E-state index is -0.603. The summed E-state index contributed by atoms with van der Waals surface area (Å²) in [5.74, 6) is 0. The largest absolute Gasteiger partial charge is 0.388 e. The summed E-state index contributed by atoms with van der Waals surface area (Å²) in [6, 6.07) is 13.2. The molecule has 21 heavy (non-hydrogen) atoms. The first kappa shape index (κ1) is 14.3. The second kappa shape index (κ2) is 6.02. The highest BCUT2D eigenvalue weighted by Crippen LogP contribution is 2.28. The molecule has 0 spiro atoms. The Morgan fingerprint density at radius 3 is 2.71 bits per heavy atom. The van der Waals surface area contributed by atoms with E-state index in [1.54, 1.807) is 24.5 Å². The summed E-state index contributed by atoms with van der Waals surface area (Å²) in [7, 11) is 0. The monoisotopic (exact) mass is 317 g/mol. The van der Waals surface area contributed by atoms with Gasteiger partial charge in [-0.2, -0.15) is 0 Å². The van der Waals surface area contributed by atoms with E-state index in [4.69, 9.17) is 23.2 Å². The second-order valence-electron chi connectivity index (χ2n) is 4.91. The van der Waals surface area contributed by atoms with E-state index in [0.29, 0.717) is 16.5 Å². The summed E-state index contributed by atoms with van der Waals surface area (Å²) in [5, 5.41) is 13.6. The molecule has 1 heterocycles. The van der Waals surface area contributed by atoms with Crippen LogP contribution in [0.2, 0.25) is 10.0 Å². The van der Waals surface area contributed by atoms with Crippen LogP contribution in [0.3, 0.4) is 0 Å². The molecule has 106 valence electrons. The van der Waals surface area contributed by atoms with Crippen molar-refractivity contribution in [3.05, 3.63) is 76.0 Å². The highest BCUT2D eigenvalue weighted by Gasteiger charge is 2.12. The number of fused-ring (bicyclic) bond motifs is 1. The predicted octanol–water partition coefficient (Wildman–Crippen LogP) is 4.82. The molecular weight excluding hydrogens is 305 g/mol. The van der Waals surface area contributed by atoms with Gasteiger partial charge in [0.25, 0.3) is 0 Å². The molecule has 4 heteroatoms. The molecule has 0 aliphatic heterocycles. The van der Waals surface area contributed by atoms with E-state index in [0.717, 1.165) is 21.9 Å². The summed E-state index contributed by atoms with van der Waals surface area (Å²) in [4.78, 5) is 4.10. The van der Waals surface area contributed by atoms with Crippen LogP contribution in [0.25, 0.3) is 10.8 Å². The molecule has 0 saturated carbocycles. The van der Waals surface area contributed by atoms with E-state index in [1.165, 1.54) is 0 Å². The Morgan fingerprint density at radius 1 is 1.05 bits per heavy atom. The van der Waals surface area contributed by atoms with Crippen LogP contribution >= 0.6 is 23.2 Å². The number of nitrogens with zero attached hydrogens (tertiary/aromatic N) is 1. The number of aromatic nitrogens is 1. The fraction of sp³-hybridized carbons (Fsp3) is 0.118. The first-order valence-corrected chi connectivity index (χ1v) is 7.35.